The van der Waals surface area contributed by atoms with Crippen molar-refractivity contribution in [2.24, 2.45) is 0 Å². The number of carbonyl (C=O) groups is 1. The van der Waals surface area contributed by atoms with Crippen molar-refractivity contribution in [3.8, 4) is 0 Å². The van der Waals surface area contributed by atoms with Crippen molar-refractivity contribution in [3.63, 3.8) is 0 Å². The van der Waals surface area contributed by atoms with E-state index < -0.39 is 5.60 Å². The van der Waals surface area contributed by atoms with Gasteiger partial charge in [-0.15, -0.1) is 0 Å². The summed E-state index contributed by atoms with van der Waals surface area (Å²) in [5, 5.41) is 6.24. The highest BCUT2D eigenvalue weighted by Gasteiger charge is 2.21. The summed E-state index contributed by atoms with van der Waals surface area (Å²) in [6, 6.07) is 0.572. The first kappa shape index (κ1) is 18.2. The lowest BCUT2D eigenvalue weighted by Gasteiger charge is -2.37. The molecule has 0 saturated carbocycles. The summed E-state index contributed by atoms with van der Waals surface area (Å²) in [7, 11) is 4.36. The second kappa shape index (κ2) is 8.56. The fourth-order valence-electron chi connectivity index (χ4n) is 2.31. The molecule has 1 amide bonds. The van der Waals surface area contributed by atoms with Gasteiger partial charge < -0.3 is 20.3 Å². The highest BCUT2D eigenvalue weighted by molar-refractivity contribution is 5.67. The number of ether oxygens (including phenoxy) is 1. The summed E-state index contributed by atoms with van der Waals surface area (Å²) in [6.45, 7) is 11.5. The van der Waals surface area contributed by atoms with Crippen LogP contribution in [0.15, 0.2) is 0 Å². The Balaban J connectivity index is 2.03. The molecule has 0 aromatic carbocycles. The highest BCUT2D eigenvalue weighted by Crippen LogP contribution is 2.06. The van der Waals surface area contributed by atoms with Gasteiger partial charge in [0.2, 0.25) is 0 Å². The van der Waals surface area contributed by atoms with Crippen molar-refractivity contribution < 1.29 is 9.53 Å². The van der Waals surface area contributed by atoms with E-state index in [0.29, 0.717) is 12.6 Å². The van der Waals surface area contributed by atoms with Crippen molar-refractivity contribution in [3.05, 3.63) is 0 Å². The maximum Gasteiger partial charge on any atom is 0.407 e. The first-order chi connectivity index (χ1) is 9.78. The van der Waals surface area contributed by atoms with Gasteiger partial charge in [-0.1, -0.05) is 0 Å². The number of alkyl carbamates (subject to hydrolysis) is 1. The monoisotopic (exact) mass is 300 g/mol. The zero-order valence-corrected chi connectivity index (χ0v) is 14.2. The van der Waals surface area contributed by atoms with Crippen LogP contribution in [0.1, 0.15) is 27.2 Å². The van der Waals surface area contributed by atoms with E-state index in [-0.39, 0.29) is 6.09 Å². The summed E-state index contributed by atoms with van der Waals surface area (Å²) < 4.78 is 5.18. The van der Waals surface area contributed by atoms with E-state index in [2.05, 4.69) is 34.5 Å². The molecule has 1 aliphatic heterocycles. The van der Waals surface area contributed by atoms with Crippen LogP contribution in [0.5, 0.6) is 0 Å². The second-order valence-corrected chi connectivity index (χ2v) is 6.88. The van der Waals surface area contributed by atoms with Gasteiger partial charge in [-0.3, -0.25) is 4.90 Å². The number of amides is 1. The molecule has 0 aromatic rings. The minimum Gasteiger partial charge on any atom is -0.444 e. The van der Waals surface area contributed by atoms with Crippen molar-refractivity contribution in [2.75, 3.05) is 53.4 Å². The van der Waals surface area contributed by atoms with E-state index in [0.717, 1.165) is 39.1 Å². The van der Waals surface area contributed by atoms with Crippen LogP contribution in [0.25, 0.3) is 0 Å². The molecule has 1 aliphatic rings. The topological polar surface area (TPSA) is 56.8 Å². The quantitative estimate of drug-likeness (QED) is 0.709. The molecule has 0 spiro atoms. The van der Waals surface area contributed by atoms with Crippen LogP contribution in [0.3, 0.4) is 0 Å². The van der Waals surface area contributed by atoms with E-state index in [9.17, 15) is 4.79 Å². The number of nitrogens with zero attached hydrogens (tertiary/aromatic N) is 2. The van der Waals surface area contributed by atoms with E-state index in [1.165, 1.54) is 0 Å². The predicted molar refractivity (Wildman–Crippen MR) is 85.6 cm³/mol. The first-order valence-corrected chi connectivity index (χ1v) is 7.84. The van der Waals surface area contributed by atoms with Crippen molar-refractivity contribution in [1.82, 2.24) is 20.4 Å². The van der Waals surface area contributed by atoms with Crippen LogP contribution in [0.2, 0.25) is 0 Å². The summed E-state index contributed by atoms with van der Waals surface area (Å²) in [6.07, 6.45) is 0.571. The molecule has 1 rings (SSSR count). The number of piperazine rings is 1. The van der Waals surface area contributed by atoms with Crippen LogP contribution >= 0.6 is 0 Å². The van der Waals surface area contributed by atoms with Crippen LogP contribution < -0.4 is 10.6 Å². The van der Waals surface area contributed by atoms with Crippen molar-refractivity contribution >= 4 is 6.09 Å². The van der Waals surface area contributed by atoms with Crippen LogP contribution in [0, 0.1) is 0 Å². The van der Waals surface area contributed by atoms with E-state index >= 15 is 0 Å². The molecule has 0 aliphatic carbocycles. The lowest BCUT2D eigenvalue weighted by molar-refractivity contribution is 0.0527. The SMILES string of the molecule is CN1CCN(C)C(CNCCCNC(=O)OC(C)(C)C)C1. The van der Waals surface area contributed by atoms with Gasteiger partial charge in [0.25, 0.3) is 0 Å². The Labute approximate surface area is 129 Å². The standard InChI is InChI=1S/C15H32N4O2/c1-15(2,3)21-14(20)17-8-6-7-16-11-13-12-18(4)9-10-19(13)5/h13,16H,6-12H2,1-5H3,(H,17,20). The van der Waals surface area contributed by atoms with Crippen LogP contribution in [-0.4, -0.2) is 80.9 Å². The zero-order chi connectivity index (χ0) is 15.9. The average molecular weight is 300 g/mol. The Morgan fingerprint density at radius 1 is 1.24 bits per heavy atom. The fourth-order valence-corrected chi connectivity index (χ4v) is 2.31. The molecular formula is C15H32N4O2. The first-order valence-electron chi connectivity index (χ1n) is 7.84. The van der Waals surface area contributed by atoms with Gasteiger partial charge in [-0.25, -0.2) is 4.79 Å². The Morgan fingerprint density at radius 3 is 2.62 bits per heavy atom. The van der Waals surface area contributed by atoms with E-state index in [1.807, 2.05) is 20.8 Å². The third-order valence-corrected chi connectivity index (χ3v) is 3.56. The predicted octanol–water partition coefficient (Wildman–Crippen LogP) is 0.737. The third kappa shape index (κ3) is 8.24. The normalized spacial score (nSPS) is 21.3. The fraction of sp³-hybridized carbons (Fsp3) is 0.933. The summed E-state index contributed by atoms with van der Waals surface area (Å²) in [5.41, 5.74) is -0.431. The van der Waals surface area contributed by atoms with Crippen LogP contribution in [-0.2, 0) is 4.74 Å². The molecule has 6 heteroatoms. The van der Waals surface area contributed by atoms with Gasteiger partial charge in [0, 0.05) is 38.8 Å². The van der Waals surface area contributed by atoms with Gasteiger partial charge in [-0.05, 0) is 47.8 Å². The number of nitrogens with one attached hydrogen (secondary N) is 2. The molecule has 0 radical (unpaired) electrons. The number of hydrogen-bond acceptors (Lipinski definition) is 5. The van der Waals surface area contributed by atoms with Gasteiger partial charge >= 0.3 is 6.09 Å². The number of likely N-dealkylation sites (N-methyl/N-ethyl adjacent to an activating group) is 2. The lowest BCUT2D eigenvalue weighted by Crippen LogP contribution is -2.53. The minimum absolute atomic E-state index is 0.337. The summed E-state index contributed by atoms with van der Waals surface area (Å²) in [4.78, 5) is 16.2. The molecule has 6 nitrogen and oxygen atoms in total. The molecule has 0 bridgehead atoms. The molecule has 21 heavy (non-hydrogen) atoms. The molecule has 1 saturated heterocycles. The van der Waals surface area contributed by atoms with Gasteiger partial charge in [0.1, 0.15) is 5.60 Å². The number of carbonyl (C=O) groups excluding carboxylic acids is 1. The Bertz CT molecular complexity index is 317. The molecule has 0 aromatic heterocycles. The van der Waals surface area contributed by atoms with E-state index in [1.54, 1.807) is 0 Å². The Kier molecular flexibility index (Phi) is 7.42. The largest absolute Gasteiger partial charge is 0.444 e. The van der Waals surface area contributed by atoms with Gasteiger partial charge in [0.05, 0.1) is 0 Å². The summed E-state index contributed by atoms with van der Waals surface area (Å²) in [5.74, 6) is 0. The van der Waals surface area contributed by atoms with Crippen molar-refractivity contribution in [1.29, 1.82) is 0 Å². The maximum absolute atomic E-state index is 11.5. The van der Waals surface area contributed by atoms with Gasteiger partial charge in [-0.2, -0.15) is 0 Å². The van der Waals surface area contributed by atoms with Gasteiger partial charge in [0.15, 0.2) is 0 Å². The molecule has 1 fully saturated rings. The molecule has 2 N–H and O–H groups in total. The number of hydrogen-bond donors (Lipinski definition) is 2. The molecule has 124 valence electrons. The molecule has 1 atom stereocenters. The maximum atomic E-state index is 11.5. The molecule has 1 unspecified atom stereocenters. The second-order valence-electron chi connectivity index (χ2n) is 6.88. The summed E-state index contributed by atoms with van der Waals surface area (Å²) >= 11 is 0. The van der Waals surface area contributed by atoms with Crippen molar-refractivity contribution in [2.45, 2.75) is 38.8 Å². The smallest absolute Gasteiger partial charge is 0.407 e. The van der Waals surface area contributed by atoms with E-state index in [4.69, 9.17) is 4.74 Å². The highest BCUT2D eigenvalue weighted by atomic mass is 16.6. The molecule has 1 heterocycles. The molecular weight excluding hydrogens is 268 g/mol. The lowest BCUT2D eigenvalue weighted by atomic mass is 10.2. The zero-order valence-electron chi connectivity index (χ0n) is 14.2. The Morgan fingerprint density at radius 2 is 1.95 bits per heavy atom. The minimum atomic E-state index is -0.431. The Hall–Kier alpha value is -0.850. The average Bonchev–Trinajstić information content (AvgIpc) is 2.35. The third-order valence-electron chi connectivity index (χ3n) is 3.56. The van der Waals surface area contributed by atoms with Crippen LogP contribution in [0.4, 0.5) is 4.79 Å². The number of rotatable bonds is 6.